The molecule has 5 saturated heterocycles. The third-order valence-electron chi connectivity index (χ3n) is 27.2. The molecule has 5 aliphatic rings. The smallest absolute Gasteiger partial charge is 0.326 e. The van der Waals surface area contributed by atoms with Crippen LogP contribution in [0.25, 0.3) is 10.9 Å². The number of rotatable bonds is 58. The number of para-hydroxylation sites is 1. The minimum Gasteiger partial charge on any atom is -0.480 e. The van der Waals surface area contributed by atoms with Gasteiger partial charge < -0.3 is 144 Å². The number of piperidine rings is 2. The van der Waals surface area contributed by atoms with E-state index in [1.165, 1.54) is 70.0 Å². The highest BCUT2D eigenvalue weighted by atomic mass is 32.2. The van der Waals surface area contributed by atoms with E-state index in [0.29, 0.717) is 89.5 Å². The summed E-state index contributed by atoms with van der Waals surface area (Å²) in [6.45, 7) is 18.4. The minimum absolute atomic E-state index is 0.0270. The van der Waals surface area contributed by atoms with Gasteiger partial charge in [-0.25, -0.2) is 4.79 Å². The van der Waals surface area contributed by atoms with E-state index in [1.54, 1.807) is 16.0 Å². The molecule has 20 amide bonds. The molecule has 0 aliphatic carbocycles. The Balaban J connectivity index is 0.844. The number of nitrogens with zero attached hydrogens (tertiary/aromatic N) is 4. The molecule has 5 fully saturated rings. The number of carbonyl (C=O) groups excluding carboxylic acids is 20. The second kappa shape index (κ2) is 59.7. The van der Waals surface area contributed by atoms with Crippen molar-refractivity contribution in [3.05, 3.63) is 36.0 Å². The molecule has 0 radical (unpaired) electrons. The van der Waals surface area contributed by atoms with E-state index < -0.39 is 245 Å². The molecule has 1 unspecified atom stereocenters. The molecule has 0 saturated carbocycles. The molecule has 1 aromatic carbocycles. The number of amides is 20. The zero-order valence-electron chi connectivity index (χ0n) is 86.6. The highest BCUT2D eigenvalue weighted by Crippen LogP contribution is 2.39. The van der Waals surface area contributed by atoms with Crippen molar-refractivity contribution in [3.8, 4) is 0 Å². The van der Waals surface area contributed by atoms with Crippen LogP contribution in [0.1, 0.15) is 236 Å². The number of likely N-dealkylation sites (tertiary alicyclic amines) is 3. The van der Waals surface area contributed by atoms with Crippen LogP contribution in [0.15, 0.2) is 30.5 Å². The molecular formula is C98H160N26O22S. The zero-order valence-corrected chi connectivity index (χ0v) is 87.5. The van der Waals surface area contributed by atoms with Crippen molar-refractivity contribution < 1.29 is 106 Å². The van der Waals surface area contributed by atoms with Gasteiger partial charge in [0.2, 0.25) is 118 Å². The molecule has 48 nitrogen and oxygen atoms in total. The molecule has 0 spiro atoms. The SMILES string of the molecule is CC(=O)N[C@@H](CC(=O)N1C[C@H]2C[C@@H]1C(=O)N1C(CC[C@H]1C(=O)N[C@@H](C)C(=O)N[C@@H](C)C(=O)N[C@@H](C)C(=O)N[C@@H](C)C(=O)N[C@@H](CCCCN)C(=O)N[C@@H](C)C(=O)N[C@@H](C)C(=O)N[C@@H](C)C(=O)N[C@@H](CC(C)(C)C)C(=O)N1CCC(C(=O)N3CCC(C(=O)N[C@@H](CCCCN)C(=O)N[C@@H](CCCCN)C(=O)N[C@@H](CCCCN)C(=O)N[C@@H](CCCCN)C(=O)N[C@@H](Cc4c[nH]c5ccccc45)C(N)=O)CC3)CC1)CS2)C(=O)O. The van der Waals surface area contributed by atoms with E-state index in [4.69, 9.17) is 34.4 Å². The molecule has 5 aliphatic heterocycles. The van der Waals surface area contributed by atoms with Crippen LogP contribution >= 0.6 is 11.8 Å². The molecule has 29 N–H and O–H groups in total. The third-order valence-corrected chi connectivity index (χ3v) is 28.6. The Morgan fingerprint density at radius 3 is 1.22 bits per heavy atom. The number of aromatic nitrogens is 1. The lowest BCUT2D eigenvalue weighted by Crippen LogP contribution is -2.59. The van der Waals surface area contributed by atoms with Crippen molar-refractivity contribution in [1.29, 1.82) is 0 Å². The first-order chi connectivity index (χ1) is 69.6. The lowest BCUT2D eigenvalue weighted by atomic mass is 9.86. The Labute approximate surface area is 862 Å². The van der Waals surface area contributed by atoms with Gasteiger partial charge >= 0.3 is 5.97 Å². The number of primary amides is 1. The third kappa shape index (κ3) is 37.8. The number of nitrogens with one attached hydrogen (secondary N) is 16. The summed E-state index contributed by atoms with van der Waals surface area (Å²) in [4.78, 5) is 297. The predicted molar refractivity (Wildman–Crippen MR) is 545 cm³/mol. The van der Waals surface area contributed by atoms with Crippen LogP contribution in [-0.2, 0) is 107 Å². The summed E-state index contributed by atoms with van der Waals surface area (Å²) < 4.78 is 0. The Hall–Kier alpha value is -12.2. The number of nitrogens with two attached hydrogens (primary N) is 6. The average molecular weight is 2090 g/mol. The van der Waals surface area contributed by atoms with Gasteiger partial charge in [-0.3, -0.25) is 95.9 Å². The predicted octanol–water partition coefficient (Wildman–Crippen LogP) is -4.26. The first kappa shape index (κ1) is 122. The number of thioether (sulfide) groups is 1. The fourth-order valence-corrected chi connectivity index (χ4v) is 19.9. The number of carbonyl (C=O) groups is 21. The van der Waals surface area contributed by atoms with Gasteiger partial charge in [0, 0.05) is 92.0 Å². The first-order valence-electron chi connectivity index (χ1n) is 51.5. The quantitative estimate of drug-likeness (QED) is 0.0279. The van der Waals surface area contributed by atoms with Gasteiger partial charge in [-0.1, -0.05) is 39.0 Å². The largest absolute Gasteiger partial charge is 0.480 e. The highest BCUT2D eigenvalue weighted by molar-refractivity contribution is 8.00. The lowest BCUT2D eigenvalue weighted by Gasteiger charge is -2.38. The topological polar surface area (TPSA) is 744 Å². The van der Waals surface area contributed by atoms with Crippen LogP contribution in [0.3, 0.4) is 0 Å². The van der Waals surface area contributed by atoms with E-state index in [2.05, 4.69) is 84.7 Å². The molecule has 7 rings (SSSR count). The van der Waals surface area contributed by atoms with Crippen molar-refractivity contribution in [2.75, 3.05) is 71.2 Å². The Morgan fingerprint density at radius 1 is 0.435 bits per heavy atom. The van der Waals surface area contributed by atoms with Crippen LogP contribution in [-0.4, -0.2) is 339 Å². The minimum atomic E-state index is -1.53. The number of hydrogen-bond donors (Lipinski definition) is 23. The number of H-pyrrole nitrogens is 1. The second-order valence-corrected chi connectivity index (χ2v) is 41.8. The van der Waals surface area contributed by atoms with Gasteiger partial charge in [-0.05, 0) is 246 Å². The van der Waals surface area contributed by atoms with Crippen molar-refractivity contribution >= 4 is 147 Å². The van der Waals surface area contributed by atoms with Gasteiger partial charge in [0.25, 0.3) is 0 Å². The molecule has 2 bridgehead atoms. The van der Waals surface area contributed by atoms with Crippen LogP contribution in [0.2, 0.25) is 0 Å². The van der Waals surface area contributed by atoms with Crippen molar-refractivity contribution in [2.45, 2.75) is 351 Å². The maximum absolute atomic E-state index is 14.6. The van der Waals surface area contributed by atoms with Crippen LogP contribution in [0.5, 0.6) is 0 Å². The number of unbranched alkanes of at least 4 members (excludes halogenated alkanes) is 5. The number of hydrogen-bond acceptors (Lipinski definition) is 27. The van der Waals surface area contributed by atoms with Gasteiger partial charge in [0.15, 0.2) is 0 Å². The highest BCUT2D eigenvalue weighted by Gasteiger charge is 2.52. The molecule has 147 heavy (non-hydrogen) atoms. The summed E-state index contributed by atoms with van der Waals surface area (Å²) >= 11 is 1.53. The average Bonchev–Trinajstić information content (AvgIpc) is 1.61. The summed E-state index contributed by atoms with van der Waals surface area (Å²) in [7, 11) is 0. The number of carboxylic acid groups (broad SMARTS) is 1. The summed E-state index contributed by atoms with van der Waals surface area (Å²) in [6, 6.07) is -13.8. The zero-order chi connectivity index (χ0) is 109. The summed E-state index contributed by atoms with van der Waals surface area (Å²) in [5.74, 6) is -15.6. The summed E-state index contributed by atoms with van der Waals surface area (Å²) in [5.41, 5.74) is 36.1. The standard InChI is InChI=1S/C98H160N26O22S/c1-53(108-84(132)57(5)112-93(141)76-32-31-64-52-147-65-47-77(96(144)124(64)76)123(51-65)78(126)48-74(97(145)146)113-60(8)125)80(128)106-54(2)81(129)109-58(6)85(133)114-68(26-14-19-37-99)88(136)111-56(4)83(131)107-55(3)82(130)110-59(7)86(134)120-75(49-98(9,10)11)95(143)122-44-35-62(36-45-122)94(142)121-42-33-61(34-43-121)87(135)115-69(27-15-20-38-100)89(137)116-70(28-16-21-39-101)90(138)117-71(29-17-22-40-102)91(139)118-72(30-18-23-41-103)92(140)119-73(79(104)127)46-63-50-105-67-25-13-12-24-66(63)67/h12-13,24-25,50,53-59,61-62,64-65,68-77,105H,14-23,26-49,51-52,99-103H2,1-11H3,(H2,104,127)(H,106,128)(H,107,131)(H,108,132)(H,109,129)(H,110,130)(H,111,136)(H,112,141)(H,113,125)(H,114,133)(H,115,135)(H,116,137)(H,117,138)(H,118,139)(H,119,140)(H,120,134)(H,145,146)/t53-,54-,55-,56-,57-,58-,59-,64?,65+,68-,69-,70-,71-,72-,73-,74-,75-,76-,77+/m0/s1. The second-order valence-electron chi connectivity index (χ2n) is 40.4. The number of aromatic amines is 1. The van der Waals surface area contributed by atoms with Gasteiger partial charge in [-0.15, -0.1) is 0 Å². The van der Waals surface area contributed by atoms with Crippen LogP contribution < -0.4 is 114 Å². The number of benzene rings is 1. The molecule has 19 atom stereocenters. The molecular weight excluding hydrogens is 1930 g/mol. The van der Waals surface area contributed by atoms with E-state index in [-0.39, 0.29) is 153 Å². The maximum Gasteiger partial charge on any atom is 0.326 e. The molecule has 49 heteroatoms. The molecule has 1 aromatic heterocycles. The van der Waals surface area contributed by atoms with E-state index in [9.17, 15) is 106 Å². The Morgan fingerprint density at radius 2 is 0.810 bits per heavy atom. The van der Waals surface area contributed by atoms with Crippen molar-refractivity contribution in [3.63, 3.8) is 0 Å². The van der Waals surface area contributed by atoms with E-state index in [1.807, 2.05) is 45.0 Å². The number of carboxylic acids is 1. The Kier molecular flexibility index (Phi) is 49.4. The number of fused-ring (bicyclic) bond motifs is 4. The Bertz CT molecular complexity index is 4890. The van der Waals surface area contributed by atoms with Gasteiger partial charge in [0.1, 0.15) is 103 Å². The van der Waals surface area contributed by atoms with Gasteiger partial charge in [-0.2, -0.15) is 11.8 Å². The van der Waals surface area contributed by atoms with Crippen molar-refractivity contribution in [1.82, 2.24) is 104 Å². The molecule has 6 heterocycles. The molecule has 820 valence electrons. The van der Waals surface area contributed by atoms with Gasteiger partial charge in [0.05, 0.1) is 6.42 Å². The normalized spacial score (nSPS) is 19.5. The lowest BCUT2D eigenvalue weighted by molar-refractivity contribution is -0.150. The summed E-state index contributed by atoms with van der Waals surface area (Å²) in [6.07, 6.45) is 8.30. The van der Waals surface area contributed by atoms with E-state index in [0.717, 1.165) is 23.4 Å². The first-order valence-corrected chi connectivity index (χ1v) is 52.6. The van der Waals surface area contributed by atoms with Crippen molar-refractivity contribution in [2.24, 2.45) is 51.7 Å². The fourth-order valence-electron chi connectivity index (χ4n) is 18.5. The maximum atomic E-state index is 14.6. The molecule has 2 aromatic rings. The van der Waals surface area contributed by atoms with Crippen LogP contribution in [0, 0.1) is 17.3 Å². The van der Waals surface area contributed by atoms with E-state index >= 15 is 0 Å². The fraction of sp³-hybridized carbons (Fsp3) is 0.704. The number of aliphatic carboxylic acids is 1. The van der Waals surface area contributed by atoms with Crippen LogP contribution in [0.4, 0.5) is 0 Å². The monoisotopic (exact) mass is 2090 g/mol. The summed E-state index contributed by atoms with van der Waals surface area (Å²) in [5, 5.41) is 49.8.